The third kappa shape index (κ3) is 3.73. The molecule has 4 nitrogen and oxygen atoms in total. The van der Waals surface area contributed by atoms with E-state index in [1.807, 2.05) is 0 Å². The maximum absolute atomic E-state index is 13.3. The van der Waals surface area contributed by atoms with Gasteiger partial charge in [0, 0.05) is 36.6 Å². The van der Waals surface area contributed by atoms with Gasteiger partial charge in [-0.15, -0.1) is 0 Å². The van der Waals surface area contributed by atoms with E-state index in [-0.39, 0.29) is 29.4 Å². The zero-order valence-corrected chi connectivity index (χ0v) is 15.1. The van der Waals surface area contributed by atoms with E-state index >= 15 is 0 Å². The summed E-state index contributed by atoms with van der Waals surface area (Å²) in [5.41, 5.74) is 0.102. The monoisotopic (exact) mass is 377 g/mol. The summed E-state index contributed by atoms with van der Waals surface area (Å²) >= 11 is 0. The fourth-order valence-electron chi connectivity index (χ4n) is 4.02. The molecule has 1 aliphatic heterocycles. The minimum absolute atomic E-state index is 0.00677. The van der Waals surface area contributed by atoms with Gasteiger partial charge in [0.2, 0.25) is 0 Å². The van der Waals surface area contributed by atoms with Crippen molar-refractivity contribution in [1.82, 2.24) is 15.2 Å². The van der Waals surface area contributed by atoms with Gasteiger partial charge in [0.15, 0.2) is 0 Å². The molecule has 0 bridgehead atoms. The van der Waals surface area contributed by atoms with Gasteiger partial charge in [-0.2, -0.15) is 13.2 Å². The summed E-state index contributed by atoms with van der Waals surface area (Å²) in [5.74, 6) is 0.274. The summed E-state index contributed by atoms with van der Waals surface area (Å²) in [7, 11) is 0. The summed E-state index contributed by atoms with van der Waals surface area (Å²) in [5, 5.41) is 3.53. The van der Waals surface area contributed by atoms with Crippen molar-refractivity contribution in [3.63, 3.8) is 0 Å². The van der Waals surface area contributed by atoms with E-state index in [1.54, 1.807) is 23.1 Å². The quantitative estimate of drug-likeness (QED) is 0.834. The molecule has 2 atom stereocenters. The number of halogens is 3. The molecular formula is C20H22F3N3O. The number of amides is 2. The highest BCUT2D eigenvalue weighted by Crippen LogP contribution is 2.39. The number of likely N-dealkylation sites (tertiary alicyclic amines) is 1. The number of piperidine rings is 1. The smallest absolute Gasteiger partial charge is 0.335 e. The van der Waals surface area contributed by atoms with Crippen molar-refractivity contribution in [3.05, 3.63) is 41.6 Å². The molecule has 0 spiro atoms. The molecule has 27 heavy (non-hydrogen) atoms. The number of hydrogen-bond acceptors (Lipinski definition) is 2. The Labute approximate surface area is 155 Å². The molecule has 7 heteroatoms. The van der Waals surface area contributed by atoms with E-state index in [0.717, 1.165) is 30.9 Å². The first kappa shape index (κ1) is 18.1. The van der Waals surface area contributed by atoms with E-state index in [1.165, 1.54) is 6.20 Å². The summed E-state index contributed by atoms with van der Waals surface area (Å²) in [6, 6.07) is 6.26. The number of pyridine rings is 1. The van der Waals surface area contributed by atoms with Crippen molar-refractivity contribution in [2.24, 2.45) is 5.92 Å². The standard InChI is InChI=1S/C20H22F3N3O/c1-12-9-13(11-26(10-12)19(27)25-14-4-5-14)15-6-7-17(20(21,22)23)18-16(15)3-2-8-24-18/h2-3,6-8,12-14H,4-5,9-11H2,1H3,(H,25,27)/t12-,13-/m1/s1. The van der Waals surface area contributed by atoms with Gasteiger partial charge in [-0.25, -0.2) is 4.79 Å². The molecule has 1 N–H and O–H groups in total. The maximum Gasteiger partial charge on any atom is 0.418 e. The normalized spacial score (nSPS) is 23.5. The van der Waals surface area contributed by atoms with Crippen molar-refractivity contribution < 1.29 is 18.0 Å². The zero-order chi connectivity index (χ0) is 19.2. The first-order valence-corrected chi connectivity index (χ1v) is 9.33. The number of alkyl halides is 3. The molecule has 2 fully saturated rings. The third-order valence-electron chi connectivity index (χ3n) is 5.40. The van der Waals surface area contributed by atoms with Crippen LogP contribution < -0.4 is 5.32 Å². The fourth-order valence-corrected chi connectivity index (χ4v) is 4.02. The minimum Gasteiger partial charge on any atom is -0.335 e. The van der Waals surface area contributed by atoms with Crippen LogP contribution in [-0.4, -0.2) is 35.0 Å². The van der Waals surface area contributed by atoms with Gasteiger partial charge in [0.05, 0.1) is 11.1 Å². The SMILES string of the molecule is C[C@@H]1C[C@@H](c2ccc(C(F)(F)F)c3ncccc23)CN(C(=O)NC2CC2)C1. The van der Waals surface area contributed by atoms with Crippen molar-refractivity contribution >= 4 is 16.9 Å². The highest BCUT2D eigenvalue weighted by atomic mass is 19.4. The highest BCUT2D eigenvalue weighted by Gasteiger charge is 2.36. The molecule has 1 aromatic heterocycles. The number of carbonyl (C=O) groups excluding carboxylic acids is 1. The molecule has 1 aliphatic carbocycles. The molecule has 0 unspecified atom stereocenters. The Balaban J connectivity index is 1.67. The van der Waals surface area contributed by atoms with Gasteiger partial charge in [0.25, 0.3) is 0 Å². The summed E-state index contributed by atoms with van der Waals surface area (Å²) in [6.07, 6.45) is -0.175. The molecule has 1 saturated carbocycles. The van der Waals surface area contributed by atoms with Gasteiger partial charge in [-0.3, -0.25) is 4.98 Å². The van der Waals surface area contributed by atoms with Crippen LogP contribution in [0.5, 0.6) is 0 Å². The first-order valence-electron chi connectivity index (χ1n) is 9.33. The summed E-state index contributed by atoms with van der Waals surface area (Å²) in [6.45, 7) is 3.26. The second kappa shape index (κ2) is 6.69. The Hall–Kier alpha value is -2.31. The summed E-state index contributed by atoms with van der Waals surface area (Å²) in [4.78, 5) is 18.3. The fraction of sp³-hybridized carbons (Fsp3) is 0.500. The van der Waals surface area contributed by atoms with Crippen molar-refractivity contribution in [1.29, 1.82) is 0 Å². The number of aromatic nitrogens is 1. The van der Waals surface area contributed by atoms with E-state index in [9.17, 15) is 18.0 Å². The molecule has 1 aromatic carbocycles. The molecular weight excluding hydrogens is 355 g/mol. The van der Waals surface area contributed by atoms with Crippen LogP contribution in [0.15, 0.2) is 30.5 Å². The van der Waals surface area contributed by atoms with Gasteiger partial charge in [-0.05, 0) is 42.9 Å². The predicted octanol–water partition coefficient (Wildman–Crippen LogP) is 4.55. The molecule has 2 aromatic rings. The topological polar surface area (TPSA) is 45.2 Å². The lowest BCUT2D eigenvalue weighted by Crippen LogP contribution is -2.48. The van der Waals surface area contributed by atoms with Crippen LogP contribution in [0.3, 0.4) is 0 Å². The third-order valence-corrected chi connectivity index (χ3v) is 5.40. The number of nitrogens with zero attached hydrogens (tertiary/aromatic N) is 2. The largest absolute Gasteiger partial charge is 0.418 e. The van der Waals surface area contributed by atoms with Crippen LogP contribution >= 0.6 is 0 Å². The second-order valence-electron chi connectivity index (χ2n) is 7.77. The average molecular weight is 377 g/mol. The predicted molar refractivity (Wildman–Crippen MR) is 96.4 cm³/mol. The number of benzene rings is 1. The number of nitrogens with one attached hydrogen (secondary N) is 1. The van der Waals surface area contributed by atoms with Crippen LogP contribution in [0.1, 0.15) is 43.2 Å². The van der Waals surface area contributed by atoms with Crippen LogP contribution in [0.4, 0.5) is 18.0 Å². The average Bonchev–Trinajstić information content (AvgIpc) is 3.43. The first-order chi connectivity index (χ1) is 12.8. The number of fused-ring (bicyclic) bond motifs is 1. The molecule has 144 valence electrons. The Morgan fingerprint density at radius 2 is 2.00 bits per heavy atom. The van der Waals surface area contributed by atoms with E-state index < -0.39 is 11.7 Å². The lowest BCUT2D eigenvalue weighted by molar-refractivity contribution is -0.136. The Kier molecular flexibility index (Phi) is 4.48. The lowest BCUT2D eigenvalue weighted by atomic mass is 9.83. The Morgan fingerprint density at radius 3 is 2.70 bits per heavy atom. The number of hydrogen-bond donors (Lipinski definition) is 1. The molecule has 4 rings (SSSR count). The van der Waals surface area contributed by atoms with Crippen molar-refractivity contribution in [2.75, 3.05) is 13.1 Å². The summed E-state index contributed by atoms with van der Waals surface area (Å²) < 4.78 is 40.0. The van der Waals surface area contributed by atoms with Crippen LogP contribution in [0.2, 0.25) is 0 Å². The van der Waals surface area contributed by atoms with E-state index in [2.05, 4.69) is 17.2 Å². The van der Waals surface area contributed by atoms with Crippen LogP contribution in [0, 0.1) is 5.92 Å². The van der Waals surface area contributed by atoms with E-state index in [0.29, 0.717) is 18.5 Å². The van der Waals surface area contributed by atoms with E-state index in [4.69, 9.17) is 0 Å². The van der Waals surface area contributed by atoms with Crippen LogP contribution in [-0.2, 0) is 6.18 Å². The van der Waals surface area contributed by atoms with Gasteiger partial charge < -0.3 is 10.2 Å². The maximum atomic E-state index is 13.3. The second-order valence-corrected chi connectivity index (χ2v) is 7.77. The Morgan fingerprint density at radius 1 is 1.22 bits per heavy atom. The van der Waals surface area contributed by atoms with Crippen molar-refractivity contribution in [2.45, 2.75) is 44.3 Å². The van der Waals surface area contributed by atoms with Gasteiger partial charge >= 0.3 is 12.2 Å². The highest BCUT2D eigenvalue weighted by molar-refractivity contribution is 5.86. The lowest BCUT2D eigenvalue weighted by Gasteiger charge is -2.37. The number of urea groups is 1. The molecule has 2 amide bonds. The number of carbonyl (C=O) groups is 1. The van der Waals surface area contributed by atoms with Gasteiger partial charge in [0.1, 0.15) is 0 Å². The minimum atomic E-state index is -4.44. The Bertz CT molecular complexity index is 863. The van der Waals surface area contributed by atoms with Gasteiger partial charge in [-0.1, -0.05) is 19.1 Å². The molecule has 2 aliphatic rings. The molecule has 2 heterocycles. The zero-order valence-electron chi connectivity index (χ0n) is 15.1. The number of rotatable bonds is 2. The molecule has 1 saturated heterocycles. The molecule has 0 radical (unpaired) electrons. The van der Waals surface area contributed by atoms with Crippen molar-refractivity contribution in [3.8, 4) is 0 Å². The van der Waals surface area contributed by atoms with Crippen LogP contribution in [0.25, 0.3) is 10.9 Å².